The highest BCUT2D eigenvalue weighted by molar-refractivity contribution is 7.89. The van der Waals surface area contributed by atoms with Crippen molar-refractivity contribution in [1.29, 1.82) is 0 Å². The number of carbonyl (C=O) groups is 1. The SMILES string of the molecule is CCCCN(C)S(=O)(=O)c1ccc(C(=O)NCCOC)cc1. The maximum atomic E-state index is 12.3. The average molecular weight is 328 g/mol. The van der Waals surface area contributed by atoms with Gasteiger partial charge in [0.2, 0.25) is 10.0 Å². The predicted octanol–water partition coefficient (Wildman–Crippen LogP) is 1.48. The quantitative estimate of drug-likeness (QED) is 0.697. The van der Waals surface area contributed by atoms with Crippen LogP contribution in [-0.2, 0) is 14.8 Å². The molecule has 22 heavy (non-hydrogen) atoms. The summed E-state index contributed by atoms with van der Waals surface area (Å²) < 4.78 is 30.9. The number of methoxy groups -OCH3 is 1. The zero-order chi connectivity index (χ0) is 16.6. The first-order valence-electron chi connectivity index (χ1n) is 7.27. The molecule has 1 rings (SSSR count). The second-order valence-electron chi connectivity index (χ2n) is 4.95. The number of hydrogen-bond donors (Lipinski definition) is 1. The summed E-state index contributed by atoms with van der Waals surface area (Å²) in [6, 6.07) is 5.96. The molecule has 124 valence electrons. The van der Waals surface area contributed by atoms with Crippen LogP contribution in [0.4, 0.5) is 0 Å². The van der Waals surface area contributed by atoms with Crippen molar-refractivity contribution in [2.75, 3.05) is 33.9 Å². The van der Waals surface area contributed by atoms with Crippen LogP contribution in [-0.4, -0.2) is 52.5 Å². The molecule has 0 unspecified atom stereocenters. The van der Waals surface area contributed by atoms with Gasteiger partial charge in [-0.25, -0.2) is 12.7 Å². The van der Waals surface area contributed by atoms with E-state index in [0.29, 0.717) is 25.3 Å². The molecule has 0 aliphatic carbocycles. The highest BCUT2D eigenvalue weighted by atomic mass is 32.2. The molecule has 0 saturated carbocycles. The van der Waals surface area contributed by atoms with Gasteiger partial charge in [-0.3, -0.25) is 4.79 Å². The summed E-state index contributed by atoms with van der Waals surface area (Å²) in [5.41, 5.74) is 0.422. The lowest BCUT2D eigenvalue weighted by Crippen LogP contribution is -2.28. The Morgan fingerprint density at radius 3 is 2.45 bits per heavy atom. The Morgan fingerprint density at radius 2 is 1.91 bits per heavy atom. The molecule has 7 heteroatoms. The minimum absolute atomic E-state index is 0.194. The molecule has 1 amide bonds. The molecule has 0 aliphatic heterocycles. The lowest BCUT2D eigenvalue weighted by atomic mass is 10.2. The summed E-state index contributed by atoms with van der Waals surface area (Å²) in [7, 11) is -0.371. The van der Waals surface area contributed by atoms with E-state index in [9.17, 15) is 13.2 Å². The number of rotatable bonds is 9. The van der Waals surface area contributed by atoms with Crippen molar-refractivity contribution in [3.05, 3.63) is 29.8 Å². The topological polar surface area (TPSA) is 75.7 Å². The third-order valence-corrected chi connectivity index (χ3v) is 5.11. The number of nitrogens with one attached hydrogen (secondary N) is 1. The Labute approximate surface area is 132 Å². The van der Waals surface area contributed by atoms with Gasteiger partial charge in [0.05, 0.1) is 11.5 Å². The summed E-state index contributed by atoms with van der Waals surface area (Å²) >= 11 is 0. The number of sulfonamides is 1. The van der Waals surface area contributed by atoms with Gasteiger partial charge in [0.15, 0.2) is 0 Å². The molecule has 0 bridgehead atoms. The maximum absolute atomic E-state index is 12.3. The zero-order valence-electron chi connectivity index (χ0n) is 13.3. The highest BCUT2D eigenvalue weighted by Crippen LogP contribution is 2.15. The lowest BCUT2D eigenvalue weighted by Gasteiger charge is -2.16. The Hall–Kier alpha value is -1.44. The molecular formula is C15H24N2O4S. The summed E-state index contributed by atoms with van der Waals surface area (Å²) in [6.07, 6.45) is 1.75. The van der Waals surface area contributed by atoms with E-state index in [0.717, 1.165) is 12.8 Å². The third-order valence-electron chi connectivity index (χ3n) is 3.24. The molecule has 0 fully saturated rings. The van der Waals surface area contributed by atoms with Crippen LogP contribution in [0, 0.1) is 0 Å². The monoisotopic (exact) mass is 328 g/mol. The smallest absolute Gasteiger partial charge is 0.251 e. The van der Waals surface area contributed by atoms with E-state index in [1.807, 2.05) is 6.92 Å². The van der Waals surface area contributed by atoms with Crippen molar-refractivity contribution in [2.24, 2.45) is 0 Å². The van der Waals surface area contributed by atoms with Crippen LogP contribution in [0.2, 0.25) is 0 Å². The van der Waals surface area contributed by atoms with E-state index in [-0.39, 0.29) is 10.8 Å². The molecule has 0 aromatic heterocycles. The van der Waals surface area contributed by atoms with E-state index >= 15 is 0 Å². The van der Waals surface area contributed by atoms with Gasteiger partial charge < -0.3 is 10.1 Å². The fourth-order valence-electron chi connectivity index (χ4n) is 1.83. The number of hydrogen-bond acceptors (Lipinski definition) is 4. The van der Waals surface area contributed by atoms with Crippen LogP contribution in [0.15, 0.2) is 29.2 Å². The maximum Gasteiger partial charge on any atom is 0.251 e. The normalized spacial score (nSPS) is 11.6. The first kappa shape index (κ1) is 18.6. The van der Waals surface area contributed by atoms with Gasteiger partial charge in [-0.15, -0.1) is 0 Å². The van der Waals surface area contributed by atoms with Crippen LogP contribution in [0.25, 0.3) is 0 Å². The summed E-state index contributed by atoms with van der Waals surface area (Å²) in [5.74, 6) is -0.250. The number of unbranched alkanes of at least 4 members (excludes halogenated alkanes) is 1. The molecular weight excluding hydrogens is 304 g/mol. The van der Waals surface area contributed by atoms with Crippen molar-refractivity contribution in [2.45, 2.75) is 24.7 Å². The van der Waals surface area contributed by atoms with Crippen LogP contribution in [0.3, 0.4) is 0 Å². The molecule has 1 aromatic carbocycles. The number of nitrogens with zero attached hydrogens (tertiary/aromatic N) is 1. The number of amides is 1. The summed E-state index contributed by atoms with van der Waals surface area (Å²) in [5, 5.41) is 2.68. The molecule has 0 radical (unpaired) electrons. The van der Waals surface area contributed by atoms with E-state index in [1.165, 1.54) is 28.6 Å². The molecule has 1 aromatic rings. The average Bonchev–Trinajstić information content (AvgIpc) is 2.52. The van der Waals surface area contributed by atoms with E-state index in [2.05, 4.69) is 5.32 Å². The van der Waals surface area contributed by atoms with Crippen LogP contribution >= 0.6 is 0 Å². The van der Waals surface area contributed by atoms with E-state index in [1.54, 1.807) is 14.2 Å². The zero-order valence-corrected chi connectivity index (χ0v) is 14.1. The standard InChI is InChI=1S/C15H24N2O4S/c1-4-5-11-17(2)22(19,20)14-8-6-13(7-9-14)15(18)16-10-12-21-3/h6-9H,4-5,10-12H2,1-3H3,(H,16,18). The molecule has 0 spiro atoms. The number of carbonyl (C=O) groups excluding carboxylic acids is 1. The molecule has 1 N–H and O–H groups in total. The Morgan fingerprint density at radius 1 is 1.27 bits per heavy atom. The molecule has 0 aliphatic rings. The van der Waals surface area contributed by atoms with Gasteiger partial charge in [0, 0.05) is 32.8 Å². The van der Waals surface area contributed by atoms with Crippen LogP contribution in [0.5, 0.6) is 0 Å². The van der Waals surface area contributed by atoms with Gasteiger partial charge in [0.25, 0.3) is 5.91 Å². The molecule has 0 saturated heterocycles. The summed E-state index contributed by atoms with van der Waals surface area (Å²) in [6.45, 7) is 3.34. The van der Waals surface area contributed by atoms with Crippen LogP contribution in [0.1, 0.15) is 30.1 Å². The predicted molar refractivity (Wildman–Crippen MR) is 85.4 cm³/mol. The Bertz CT molecular complexity index is 570. The summed E-state index contributed by atoms with van der Waals surface area (Å²) in [4.78, 5) is 12.0. The number of ether oxygens (including phenoxy) is 1. The minimum atomic E-state index is -3.49. The van der Waals surface area contributed by atoms with Gasteiger partial charge in [0.1, 0.15) is 0 Å². The van der Waals surface area contributed by atoms with Crippen molar-refractivity contribution >= 4 is 15.9 Å². The van der Waals surface area contributed by atoms with Crippen molar-refractivity contribution < 1.29 is 17.9 Å². The third kappa shape index (κ3) is 5.08. The first-order chi connectivity index (χ1) is 10.4. The van der Waals surface area contributed by atoms with Crippen LogP contribution < -0.4 is 5.32 Å². The van der Waals surface area contributed by atoms with Gasteiger partial charge in [-0.1, -0.05) is 13.3 Å². The fraction of sp³-hybridized carbons (Fsp3) is 0.533. The van der Waals surface area contributed by atoms with Crippen molar-refractivity contribution in [1.82, 2.24) is 9.62 Å². The Balaban J connectivity index is 2.77. The highest BCUT2D eigenvalue weighted by Gasteiger charge is 2.20. The van der Waals surface area contributed by atoms with Crippen molar-refractivity contribution in [3.8, 4) is 0 Å². The minimum Gasteiger partial charge on any atom is -0.383 e. The van der Waals surface area contributed by atoms with Crippen molar-refractivity contribution in [3.63, 3.8) is 0 Å². The van der Waals surface area contributed by atoms with Gasteiger partial charge in [-0.05, 0) is 30.7 Å². The van der Waals surface area contributed by atoms with E-state index < -0.39 is 10.0 Å². The van der Waals surface area contributed by atoms with Gasteiger partial charge >= 0.3 is 0 Å². The molecule has 0 atom stereocenters. The van der Waals surface area contributed by atoms with E-state index in [4.69, 9.17) is 4.74 Å². The molecule has 6 nitrogen and oxygen atoms in total. The second kappa shape index (κ2) is 8.87. The lowest BCUT2D eigenvalue weighted by molar-refractivity contribution is 0.0937. The second-order valence-corrected chi connectivity index (χ2v) is 7.00. The number of benzene rings is 1. The largest absolute Gasteiger partial charge is 0.383 e. The Kier molecular flexibility index (Phi) is 7.50. The first-order valence-corrected chi connectivity index (χ1v) is 8.71. The van der Waals surface area contributed by atoms with Gasteiger partial charge in [-0.2, -0.15) is 0 Å². The fourth-order valence-corrected chi connectivity index (χ4v) is 3.04. The molecule has 0 heterocycles.